The van der Waals surface area contributed by atoms with Crippen LogP contribution in [0.15, 0.2) is 60.7 Å². The summed E-state index contributed by atoms with van der Waals surface area (Å²) >= 11 is 8.32. The minimum absolute atomic E-state index is 0.0328. The minimum Gasteiger partial charge on any atom is -0.497 e. The second-order valence-electron chi connectivity index (χ2n) is 10.8. The lowest BCUT2D eigenvalue weighted by Gasteiger charge is -2.35. The van der Waals surface area contributed by atoms with Gasteiger partial charge >= 0.3 is 5.97 Å². The van der Waals surface area contributed by atoms with Gasteiger partial charge < -0.3 is 20.1 Å². The summed E-state index contributed by atoms with van der Waals surface area (Å²) in [5, 5.41) is 2.22. The summed E-state index contributed by atoms with van der Waals surface area (Å²) in [5.41, 5.74) is 11.8. The molecule has 0 radical (unpaired) electrons. The number of benzene rings is 2. The summed E-state index contributed by atoms with van der Waals surface area (Å²) < 4.78 is 11.7. The Morgan fingerprint density at radius 2 is 1.95 bits per heavy atom. The molecule has 3 rings (SSSR count). The topological polar surface area (TPSA) is 97.1 Å². The molecule has 1 fully saturated rings. The number of carbonyl (C=O) groups excluding carboxylic acids is 2. The van der Waals surface area contributed by atoms with E-state index in [0.29, 0.717) is 11.7 Å². The van der Waals surface area contributed by atoms with Crippen LogP contribution in [0.5, 0.6) is 5.75 Å². The van der Waals surface area contributed by atoms with Gasteiger partial charge in [0.25, 0.3) is 5.91 Å². The van der Waals surface area contributed by atoms with Gasteiger partial charge in [-0.25, -0.2) is 0 Å². The first kappa shape index (κ1) is 32.8. The molecule has 2 aromatic rings. The molecule has 8 nitrogen and oxygen atoms in total. The summed E-state index contributed by atoms with van der Waals surface area (Å²) in [6.45, 7) is 6.61. The molecule has 1 heterocycles. The first-order valence-corrected chi connectivity index (χ1v) is 15.7. The molecule has 0 saturated carbocycles. The molecular formula is C31H41IN4O4S. The van der Waals surface area contributed by atoms with Crippen LogP contribution >= 0.6 is 34.8 Å². The van der Waals surface area contributed by atoms with E-state index in [1.807, 2.05) is 24.3 Å². The Morgan fingerprint density at radius 3 is 2.59 bits per heavy atom. The van der Waals surface area contributed by atoms with Gasteiger partial charge in [-0.15, -0.1) is 0 Å². The number of alkyl halides is 1. The fourth-order valence-corrected chi connectivity index (χ4v) is 5.56. The SMILES string of the molecule is COc1ccc(CN(NC(=O)[C@H](C)N)C(=S)N2CCC[C@H]2/C=C/[C@](C)(COC(C)=O)Cc2cccc(CI)c2)cc1. The fourth-order valence-electron chi connectivity index (χ4n) is 4.75. The summed E-state index contributed by atoms with van der Waals surface area (Å²) in [6.07, 6.45) is 6.94. The van der Waals surface area contributed by atoms with Crippen molar-refractivity contribution in [3.8, 4) is 5.75 Å². The number of nitrogens with one attached hydrogen (secondary N) is 1. The van der Waals surface area contributed by atoms with Crippen LogP contribution < -0.4 is 15.9 Å². The highest BCUT2D eigenvalue weighted by atomic mass is 127. The number of likely N-dealkylation sites (tertiary alicyclic amines) is 1. The number of hydrogen-bond donors (Lipinski definition) is 2. The lowest BCUT2D eigenvalue weighted by molar-refractivity contribution is -0.143. The summed E-state index contributed by atoms with van der Waals surface area (Å²) in [7, 11) is 1.62. The molecule has 3 atom stereocenters. The van der Waals surface area contributed by atoms with Crippen molar-refractivity contribution in [2.45, 2.75) is 63.1 Å². The maximum Gasteiger partial charge on any atom is 0.302 e. The number of halogens is 1. The number of nitrogens with two attached hydrogens (primary N) is 1. The van der Waals surface area contributed by atoms with Crippen LogP contribution in [0, 0.1) is 5.41 Å². The molecule has 10 heteroatoms. The van der Waals surface area contributed by atoms with Crippen LogP contribution in [0.2, 0.25) is 0 Å². The van der Waals surface area contributed by atoms with Gasteiger partial charge in [0.15, 0.2) is 5.11 Å². The standard InChI is InChI=1S/C31H41IN4O4S/c1-22(33)29(38)34-36(20-24-10-12-28(39-4)13-11-24)30(41)35-16-6-9-27(35)14-15-31(3,21-40-23(2)37)18-25-7-5-8-26(17-25)19-32/h5,7-8,10-15,17,22,27H,6,9,16,18-21,33H2,1-4H3,(H,34,38)/b15-14+/t22-,27-,31-/m0/s1. The monoisotopic (exact) mass is 692 g/mol. The van der Waals surface area contributed by atoms with Crippen LogP contribution in [0.3, 0.4) is 0 Å². The molecule has 3 N–H and O–H groups in total. The van der Waals surface area contributed by atoms with Gasteiger partial charge in [-0.05, 0) is 67.2 Å². The van der Waals surface area contributed by atoms with Gasteiger partial charge in [0.1, 0.15) is 12.4 Å². The molecule has 0 aliphatic carbocycles. The Morgan fingerprint density at radius 1 is 1.24 bits per heavy atom. The first-order valence-electron chi connectivity index (χ1n) is 13.8. The predicted molar refractivity (Wildman–Crippen MR) is 174 cm³/mol. The van der Waals surface area contributed by atoms with E-state index < -0.39 is 11.5 Å². The lowest BCUT2D eigenvalue weighted by atomic mass is 9.83. The van der Waals surface area contributed by atoms with E-state index in [9.17, 15) is 9.59 Å². The largest absolute Gasteiger partial charge is 0.497 e. The Balaban J connectivity index is 1.82. The maximum absolute atomic E-state index is 12.6. The number of hydrazine groups is 1. The van der Waals surface area contributed by atoms with Crippen molar-refractivity contribution in [1.82, 2.24) is 15.3 Å². The van der Waals surface area contributed by atoms with E-state index >= 15 is 0 Å². The average molecular weight is 693 g/mol. The van der Waals surface area contributed by atoms with Crippen LogP contribution in [0.25, 0.3) is 0 Å². The third-order valence-electron chi connectivity index (χ3n) is 7.01. The molecule has 1 aliphatic rings. The summed E-state index contributed by atoms with van der Waals surface area (Å²) in [6, 6.07) is 15.5. The molecule has 0 bridgehead atoms. The van der Waals surface area contributed by atoms with Crippen molar-refractivity contribution in [3.63, 3.8) is 0 Å². The number of rotatable bonds is 11. The normalized spacial score (nSPS) is 17.1. The number of amides is 1. The molecule has 0 unspecified atom stereocenters. The zero-order chi connectivity index (χ0) is 30.0. The molecule has 2 aromatic carbocycles. The number of carbonyl (C=O) groups is 2. The average Bonchev–Trinajstić information content (AvgIpc) is 3.43. The third-order valence-corrected chi connectivity index (χ3v) is 8.35. The zero-order valence-electron chi connectivity index (χ0n) is 24.3. The zero-order valence-corrected chi connectivity index (χ0v) is 27.2. The van der Waals surface area contributed by atoms with Crippen molar-refractivity contribution in [1.29, 1.82) is 0 Å². The Hall–Kier alpha value is -2.70. The number of ether oxygens (including phenoxy) is 2. The Kier molecular flexibility index (Phi) is 12.4. The second-order valence-corrected chi connectivity index (χ2v) is 11.9. The van der Waals surface area contributed by atoms with Crippen molar-refractivity contribution >= 4 is 51.8 Å². The van der Waals surface area contributed by atoms with Crippen LogP contribution in [0.1, 0.15) is 50.3 Å². The molecule has 222 valence electrons. The molecule has 0 spiro atoms. The van der Waals surface area contributed by atoms with E-state index in [2.05, 4.69) is 76.3 Å². The number of hydrogen-bond acceptors (Lipinski definition) is 6. The molecule has 1 amide bonds. The third kappa shape index (κ3) is 9.96. The quantitative estimate of drug-likeness (QED) is 0.0856. The van der Waals surface area contributed by atoms with Gasteiger partial charge in [-0.3, -0.25) is 20.0 Å². The van der Waals surface area contributed by atoms with E-state index in [4.69, 9.17) is 27.4 Å². The molecule has 0 aromatic heterocycles. The van der Waals surface area contributed by atoms with Gasteiger partial charge in [0.05, 0.1) is 19.7 Å². The molecule has 1 aliphatic heterocycles. The van der Waals surface area contributed by atoms with Gasteiger partial charge in [-0.2, -0.15) is 0 Å². The smallest absolute Gasteiger partial charge is 0.302 e. The number of methoxy groups -OCH3 is 1. The number of esters is 1. The Labute approximate surface area is 262 Å². The molecular weight excluding hydrogens is 651 g/mol. The number of thiocarbonyl (C=S) groups is 1. The van der Waals surface area contributed by atoms with E-state index in [1.165, 1.54) is 18.1 Å². The van der Waals surface area contributed by atoms with Crippen molar-refractivity contribution in [3.05, 3.63) is 77.4 Å². The van der Waals surface area contributed by atoms with Crippen LogP contribution in [0.4, 0.5) is 0 Å². The van der Waals surface area contributed by atoms with E-state index in [1.54, 1.807) is 19.0 Å². The van der Waals surface area contributed by atoms with E-state index in [-0.39, 0.29) is 24.5 Å². The molecule has 41 heavy (non-hydrogen) atoms. The second kappa shape index (κ2) is 15.5. The fraction of sp³-hybridized carbons (Fsp3) is 0.452. The van der Waals surface area contributed by atoms with Crippen LogP contribution in [-0.2, 0) is 31.7 Å². The van der Waals surface area contributed by atoms with Crippen molar-refractivity contribution < 1.29 is 19.1 Å². The Bertz CT molecular complexity index is 1220. The highest BCUT2D eigenvalue weighted by molar-refractivity contribution is 14.1. The minimum atomic E-state index is -0.682. The van der Waals surface area contributed by atoms with Crippen molar-refractivity contribution in [2.24, 2.45) is 11.1 Å². The van der Waals surface area contributed by atoms with Crippen molar-refractivity contribution in [2.75, 3.05) is 20.3 Å². The van der Waals surface area contributed by atoms with Gasteiger partial charge in [0.2, 0.25) is 0 Å². The number of nitrogens with zero attached hydrogens (tertiary/aromatic N) is 2. The summed E-state index contributed by atoms with van der Waals surface area (Å²) in [4.78, 5) is 26.5. The van der Waals surface area contributed by atoms with E-state index in [0.717, 1.165) is 41.5 Å². The van der Waals surface area contributed by atoms with Gasteiger partial charge in [0, 0.05) is 29.4 Å². The highest BCUT2D eigenvalue weighted by Gasteiger charge is 2.31. The molecule has 1 saturated heterocycles. The lowest BCUT2D eigenvalue weighted by Crippen LogP contribution is -2.55. The van der Waals surface area contributed by atoms with Gasteiger partial charge in [-0.1, -0.05) is 78.1 Å². The highest BCUT2D eigenvalue weighted by Crippen LogP contribution is 2.29. The first-order chi connectivity index (χ1) is 19.5. The maximum atomic E-state index is 12.6. The predicted octanol–water partition coefficient (Wildman–Crippen LogP) is 4.93. The van der Waals surface area contributed by atoms with Crippen LogP contribution in [-0.4, -0.2) is 59.2 Å². The summed E-state index contributed by atoms with van der Waals surface area (Å²) in [5.74, 6) is 0.147.